The lowest BCUT2D eigenvalue weighted by atomic mass is 10.2. The van der Waals surface area contributed by atoms with Gasteiger partial charge in [0, 0.05) is 18.2 Å². The van der Waals surface area contributed by atoms with Gasteiger partial charge in [-0.3, -0.25) is 4.79 Å². The van der Waals surface area contributed by atoms with Gasteiger partial charge in [-0.25, -0.2) is 0 Å². The van der Waals surface area contributed by atoms with Crippen molar-refractivity contribution < 1.29 is 14.3 Å². The van der Waals surface area contributed by atoms with E-state index in [1.165, 1.54) is 0 Å². The average molecular weight is 304 g/mol. The molecular formula is C12H18BrNO3. The zero-order valence-electron chi connectivity index (χ0n) is 10.5. The van der Waals surface area contributed by atoms with E-state index in [1.54, 1.807) is 17.9 Å². The Morgan fingerprint density at radius 3 is 2.47 bits per heavy atom. The van der Waals surface area contributed by atoms with E-state index in [0.717, 1.165) is 5.56 Å². The van der Waals surface area contributed by atoms with E-state index in [-0.39, 0.29) is 11.9 Å². The molecule has 0 saturated carbocycles. The molecule has 1 unspecified atom stereocenters. The Hall–Kier alpha value is -0.810. The highest BCUT2D eigenvalue weighted by atomic mass is 79.9. The predicted octanol–water partition coefficient (Wildman–Crippen LogP) is 2.58. The van der Waals surface area contributed by atoms with E-state index in [4.69, 9.17) is 4.42 Å². The third-order valence-corrected chi connectivity index (χ3v) is 2.82. The van der Waals surface area contributed by atoms with Gasteiger partial charge in [0.2, 0.25) is 0 Å². The van der Waals surface area contributed by atoms with Crippen LogP contribution in [0.25, 0.3) is 0 Å². The molecule has 1 aromatic rings. The predicted molar refractivity (Wildman–Crippen MR) is 69.0 cm³/mol. The quantitative estimate of drug-likeness (QED) is 0.930. The van der Waals surface area contributed by atoms with E-state index < -0.39 is 6.10 Å². The second-order valence-corrected chi connectivity index (χ2v) is 5.24. The van der Waals surface area contributed by atoms with E-state index >= 15 is 0 Å². The molecule has 0 aliphatic rings. The smallest absolute Gasteiger partial charge is 0.290 e. The number of aryl methyl sites for hydroxylation is 1. The van der Waals surface area contributed by atoms with Gasteiger partial charge in [0.25, 0.3) is 5.91 Å². The van der Waals surface area contributed by atoms with Crippen LogP contribution in [0.5, 0.6) is 0 Å². The molecule has 0 saturated heterocycles. The largest absolute Gasteiger partial charge is 0.444 e. The Morgan fingerprint density at radius 2 is 2.12 bits per heavy atom. The summed E-state index contributed by atoms with van der Waals surface area (Å²) in [7, 11) is 0. The molecule has 4 nitrogen and oxygen atoms in total. The maximum Gasteiger partial charge on any atom is 0.290 e. The fourth-order valence-corrected chi connectivity index (χ4v) is 2.10. The Morgan fingerprint density at radius 1 is 1.53 bits per heavy atom. The number of halogens is 1. The Kier molecular flexibility index (Phi) is 4.77. The summed E-state index contributed by atoms with van der Waals surface area (Å²) in [5.41, 5.74) is 0.790. The van der Waals surface area contributed by atoms with Crippen molar-refractivity contribution >= 4 is 21.8 Å². The fourth-order valence-electron chi connectivity index (χ4n) is 1.60. The Balaban J connectivity index is 2.95. The number of aliphatic hydroxyl groups excluding tert-OH is 1. The molecule has 1 amide bonds. The summed E-state index contributed by atoms with van der Waals surface area (Å²) in [4.78, 5) is 13.9. The zero-order chi connectivity index (χ0) is 13.2. The van der Waals surface area contributed by atoms with Crippen LogP contribution in [0.3, 0.4) is 0 Å². The van der Waals surface area contributed by atoms with Gasteiger partial charge >= 0.3 is 0 Å². The molecule has 0 bridgehead atoms. The van der Waals surface area contributed by atoms with Gasteiger partial charge in [-0.1, -0.05) is 0 Å². The molecule has 1 rings (SSSR count). The molecule has 0 spiro atoms. The molecule has 0 radical (unpaired) electrons. The first-order chi connectivity index (χ1) is 7.82. The summed E-state index contributed by atoms with van der Waals surface area (Å²) in [6.07, 6.45) is -0.556. The van der Waals surface area contributed by atoms with Crippen molar-refractivity contribution in [2.75, 3.05) is 6.54 Å². The van der Waals surface area contributed by atoms with Crippen LogP contribution in [0, 0.1) is 6.92 Å². The summed E-state index contributed by atoms with van der Waals surface area (Å²) in [6, 6.07) is 1.77. The van der Waals surface area contributed by atoms with E-state index in [0.29, 0.717) is 17.0 Å². The van der Waals surface area contributed by atoms with Gasteiger partial charge in [-0.2, -0.15) is 0 Å². The number of nitrogens with zero attached hydrogens (tertiary/aromatic N) is 1. The van der Waals surface area contributed by atoms with Crippen LogP contribution in [0.4, 0.5) is 0 Å². The molecule has 1 heterocycles. The highest BCUT2D eigenvalue weighted by Gasteiger charge is 2.24. The summed E-state index contributed by atoms with van der Waals surface area (Å²) < 4.78 is 5.87. The monoisotopic (exact) mass is 303 g/mol. The molecule has 5 heteroatoms. The maximum absolute atomic E-state index is 12.3. The van der Waals surface area contributed by atoms with Crippen LogP contribution in [0.15, 0.2) is 15.2 Å². The maximum atomic E-state index is 12.3. The first-order valence-corrected chi connectivity index (χ1v) is 6.37. The first kappa shape index (κ1) is 14.3. The standard InChI is InChI=1S/C12H18BrNO3/c1-7(2)14(6-9(4)15)12(16)11-8(3)5-10(13)17-11/h5,7,9,15H,6H2,1-4H3. The van der Waals surface area contributed by atoms with Gasteiger partial charge in [0.1, 0.15) is 0 Å². The number of amides is 1. The van der Waals surface area contributed by atoms with E-state index in [9.17, 15) is 9.90 Å². The number of aliphatic hydroxyl groups is 1. The highest BCUT2D eigenvalue weighted by molar-refractivity contribution is 9.10. The van der Waals surface area contributed by atoms with Crippen LogP contribution in [0.1, 0.15) is 36.9 Å². The number of carbonyl (C=O) groups excluding carboxylic acids is 1. The van der Waals surface area contributed by atoms with Crippen LogP contribution in [-0.4, -0.2) is 34.6 Å². The Bertz CT molecular complexity index is 398. The number of furan rings is 1. The van der Waals surface area contributed by atoms with Crippen molar-refractivity contribution in [3.8, 4) is 0 Å². The lowest BCUT2D eigenvalue weighted by Crippen LogP contribution is -2.41. The van der Waals surface area contributed by atoms with Gasteiger partial charge < -0.3 is 14.4 Å². The minimum atomic E-state index is -0.556. The highest BCUT2D eigenvalue weighted by Crippen LogP contribution is 2.21. The minimum absolute atomic E-state index is 0.0142. The summed E-state index contributed by atoms with van der Waals surface area (Å²) in [5, 5.41) is 9.41. The van der Waals surface area contributed by atoms with Crippen molar-refractivity contribution in [2.45, 2.75) is 39.8 Å². The number of carbonyl (C=O) groups is 1. The topological polar surface area (TPSA) is 53.7 Å². The molecular weight excluding hydrogens is 286 g/mol. The summed E-state index contributed by atoms with van der Waals surface area (Å²) in [6.45, 7) is 7.60. The van der Waals surface area contributed by atoms with Gasteiger partial charge in [-0.05, 0) is 49.7 Å². The molecule has 17 heavy (non-hydrogen) atoms. The molecule has 0 aromatic carbocycles. The van der Waals surface area contributed by atoms with Crippen LogP contribution >= 0.6 is 15.9 Å². The van der Waals surface area contributed by atoms with Crippen LogP contribution < -0.4 is 0 Å². The second-order valence-electron chi connectivity index (χ2n) is 4.46. The summed E-state index contributed by atoms with van der Waals surface area (Å²) >= 11 is 3.20. The van der Waals surface area contributed by atoms with Crippen molar-refractivity contribution in [3.05, 3.63) is 22.1 Å². The van der Waals surface area contributed by atoms with Crippen molar-refractivity contribution in [2.24, 2.45) is 0 Å². The van der Waals surface area contributed by atoms with E-state index in [2.05, 4.69) is 15.9 Å². The van der Waals surface area contributed by atoms with Gasteiger partial charge in [0.15, 0.2) is 10.4 Å². The summed E-state index contributed by atoms with van der Waals surface area (Å²) in [5.74, 6) is 0.135. The zero-order valence-corrected chi connectivity index (χ0v) is 12.1. The molecule has 1 N–H and O–H groups in total. The number of hydrogen-bond donors (Lipinski definition) is 1. The molecule has 0 aliphatic carbocycles. The van der Waals surface area contributed by atoms with Gasteiger partial charge in [-0.15, -0.1) is 0 Å². The number of hydrogen-bond acceptors (Lipinski definition) is 3. The third-order valence-electron chi connectivity index (χ3n) is 2.43. The van der Waals surface area contributed by atoms with Crippen molar-refractivity contribution in [3.63, 3.8) is 0 Å². The third kappa shape index (κ3) is 3.57. The van der Waals surface area contributed by atoms with Crippen molar-refractivity contribution in [1.29, 1.82) is 0 Å². The molecule has 1 atom stereocenters. The molecule has 1 aromatic heterocycles. The average Bonchev–Trinajstić information content (AvgIpc) is 2.52. The normalized spacial score (nSPS) is 12.9. The first-order valence-electron chi connectivity index (χ1n) is 5.58. The van der Waals surface area contributed by atoms with Crippen LogP contribution in [0.2, 0.25) is 0 Å². The van der Waals surface area contributed by atoms with Crippen molar-refractivity contribution in [1.82, 2.24) is 4.90 Å². The molecule has 0 aliphatic heterocycles. The van der Waals surface area contributed by atoms with Crippen LogP contribution in [-0.2, 0) is 0 Å². The Labute approximate surface area is 110 Å². The van der Waals surface area contributed by atoms with Gasteiger partial charge in [0.05, 0.1) is 6.10 Å². The number of rotatable bonds is 4. The SMILES string of the molecule is Cc1cc(Br)oc1C(=O)N(CC(C)O)C(C)C. The minimum Gasteiger partial charge on any atom is -0.444 e. The van der Waals surface area contributed by atoms with E-state index in [1.807, 2.05) is 20.8 Å². The lowest BCUT2D eigenvalue weighted by molar-refractivity contribution is 0.0546. The lowest BCUT2D eigenvalue weighted by Gasteiger charge is -2.27. The molecule has 0 fully saturated rings. The second kappa shape index (κ2) is 5.69. The molecule has 96 valence electrons. The fraction of sp³-hybridized carbons (Fsp3) is 0.583.